The van der Waals surface area contributed by atoms with Crippen LogP contribution >= 0.6 is 7.82 Å². The van der Waals surface area contributed by atoms with Gasteiger partial charge in [-0.05, 0) is 49.0 Å². The normalized spacial score (nSPS) is 21.4. The van der Waals surface area contributed by atoms with Gasteiger partial charge in [0.2, 0.25) is 5.72 Å². The van der Waals surface area contributed by atoms with Crippen molar-refractivity contribution in [3.63, 3.8) is 0 Å². The minimum Gasteiger partial charge on any atom is -0.387 e. The summed E-state index contributed by atoms with van der Waals surface area (Å²) in [6.45, 7) is 4.53. The van der Waals surface area contributed by atoms with Gasteiger partial charge in [0.25, 0.3) is 0 Å². The Balaban J connectivity index is 1.26. The summed E-state index contributed by atoms with van der Waals surface area (Å²) in [6, 6.07) is 9.04. The summed E-state index contributed by atoms with van der Waals surface area (Å²) in [6.07, 6.45) is 14.8. The van der Waals surface area contributed by atoms with Gasteiger partial charge < -0.3 is 30.3 Å². The number of nitrogens with zero attached hydrogens (tertiary/aromatic N) is 5. The van der Waals surface area contributed by atoms with Crippen LogP contribution in [0.4, 0.5) is 10.2 Å². The van der Waals surface area contributed by atoms with E-state index in [1.807, 2.05) is 6.07 Å². The molecule has 6 atom stereocenters. The third-order valence-electron chi connectivity index (χ3n) is 10.1. The highest BCUT2D eigenvalue weighted by atomic mass is 31.2. The Morgan fingerprint density at radius 2 is 1.67 bits per heavy atom. The molecule has 1 aliphatic heterocycles. The van der Waals surface area contributed by atoms with Gasteiger partial charge in [0.05, 0.1) is 36.6 Å². The number of nitriles is 1. The van der Waals surface area contributed by atoms with Gasteiger partial charge in [-0.2, -0.15) is 10.4 Å². The Morgan fingerprint density at radius 1 is 1.04 bits per heavy atom. The predicted molar refractivity (Wildman–Crippen MR) is 206 cm³/mol. The number of anilines is 1. The largest absolute Gasteiger partial charge is 0.472 e. The number of hydrogen-bond donors (Lipinski definition) is 4. The molecule has 0 bridgehead atoms. The summed E-state index contributed by atoms with van der Waals surface area (Å²) < 4.78 is 51.2. The average molecular weight is 789 g/mol. The Labute approximate surface area is 323 Å². The van der Waals surface area contributed by atoms with Gasteiger partial charge in [-0.1, -0.05) is 103 Å². The lowest BCUT2D eigenvalue weighted by Crippen LogP contribution is -2.45. The number of aromatic nitrogens is 3. The van der Waals surface area contributed by atoms with Crippen molar-refractivity contribution in [2.45, 2.75) is 146 Å². The van der Waals surface area contributed by atoms with Crippen molar-refractivity contribution >= 4 is 25.9 Å². The monoisotopic (exact) mass is 788 g/mol. The van der Waals surface area contributed by atoms with Crippen molar-refractivity contribution in [1.29, 1.82) is 5.26 Å². The van der Waals surface area contributed by atoms with Gasteiger partial charge in [0.1, 0.15) is 42.6 Å². The molecule has 1 saturated heterocycles. The number of phosphoric acid groups is 1. The van der Waals surface area contributed by atoms with Crippen LogP contribution in [0, 0.1) is 17.1 Å². The first-order valence-corrected chi connectivity index (χ1v) is 21.0. The Morgan fingerprint density at radius 3 is 2.29 bits per heavy atom. The first-order valence-electron chi connectivity index (χ1n) is 19.6. The summed E-state index contributed by atoms with van der Waals surface area (Å²) >= 11 is 0. The summed E-state index contributed by atoms with van der Waals surface area (Å²) in [4.78, 5) is 18.5. The van der Waals surface area contributed by atoms with E-state index in [2.05, 4.69) is 28.7 Å². The molecule has 0 amide bonds. The number of rotatable bonds is 27. The number of aliphatic hydroxyl groups is 2. The molecule has 3 heterocycles. The molecule has 0 aliphatic carbocycles. The number of ether oxygens (including phenoxy) is 2. The van der Waals surface area contributed by atoms with E-state index in [0.29, 0.717) is 23.2 Å². The Kier molecular flexibility index (Phi) is 18.1. The number of halogens is 1. The highest BCUT2D eigenvalue weighted by molar-refractivity contribution is 7.47. The maximum atomic E-state index is 14.1. The van der Waals surface area contributed by atoms with Crippen LogP contribution in [0.2, 0.25) is 0 Å². The third kappa shape index (κ3) is 13.4. The highest BCUT2D eigenvalue weighted by Crippen LogP contribution is 2.48. The molecule has 1 aromatic carbocycles. The topological polar surface area (TPSA) is 207 Å². The summed E-state index contributed by atoms with van der Waals surface area (Å²) in [5.74, 6) is -0.383. The quantitative estimate of drug-likeness (QED) is 0.0337. The molecule has 1 unspecified atom stereocenters. The molecule has 14 nitrogen and oxygen atoms in total. The van der Waals surface area contributed by atoms with E-state index in [-0.39, 0.29) is 24.6 Å². The lowest BCUT2D eigenvalue weighted by molar-refractivity contribution is -0.106. The van der Waals surface area contributed by atoms with E-state index in [4.69, 9.17) is 24.3 Å². The van der Waals surface area contributed by atoms with E-state index >= 15 is 0 Å². The fraction of sp³-hybridized carbons (Fsp3) is 0.641. The second kappa shape index (κ2) is 22.4. The highest BCUT2D eigenvalue weighted by Gasteiger charge is 2.56. The number of benzene rings is 1. The molecule has 55 heavy (non-hydrogen) atoms. The number of nitrogens with two attached hydrogens (primary N) is 1. The first kappa shape index (κ1) is 44.4. The van der Waals surface area contributed by atoms with Crippen molar-refractivity contribution in [2.75, 3.05) is 18.9 Å². The SMILES string of the molecule is C=N[C@]1(COP(=O)(O)OC[C@@H](CCCCCCCCCCCCCCCCC)OCc2cc(F)cc(C#N)c2)O[C@@H](c2ccc3c(N)ncnn23)[C@H](O)[C@@H]1O. The van der Waals surface area contributed by atoms with Crippen LogP contribution in [0.1, 0.15) is 133 Å². The number of nitrogen functional groups attached to an aromatic ring is 1. The number of phosphoric ester groups is 1. The number of aliphatic imine (C=N–C) groups is 1. The van der Waals surface area contributed by atoms with E-state index < -0.39 is 50.4 Å². The van der Waals surface area contributed by atoms with Crippen LogP contribution < -0.4 is 5.73 Å². The minimum atomic E-state index is -4.80. The minimum absolute atomic E-state index is 0.0520. The molecule has 2 aromatic heterocycles. The van der Waals surface area contributed by atoms with Crippen molar-refractivity contribution in [3.8, 4) is 6.07 Å². The van der Waals surface area contributed by atoms with Gasteiger partial charge in [-0.3, -0.25) is 14.0 Å². The number of unbranched alkanes of at least 4 members (excludes halogenated alkanes) is 14. The van der Waals surface area contributed by atoms with Gasteiger partial charge in [-0.25, -0.2) is 18.5 Å². The zero-order chi connectivity index (χ0) is 39.7. The van der Waals surface area contributed by atoms with E-state index in [9.17, 15) is 29.3 Å². The molecule has 16 heteroatoms. The molecule has 1 fully saturated rings. The van der Waals surface area contributed by atoms with Crippen molar-refractivity contribution in [2.24, 2.45) is 4.99 Å². The van der Waals surface area contributed by atoms with Crippen molar-refractivity contribution in [1.82, 2.24) is 14.6 Å². The van der Waals surface area contributed by atoms with Crippen LogP contribution in [0.15, 0.2) is 41.7 Å². The fourth-order valence-electron chi connectivity index (χ4n) is 6.87. The van der Waals surface area contributed by atoms with Crippen LogP contribution in [0.25, 0.3) is 5.52 Å². The second-order valence-electron chi connectivity index (χ2n) is 14.3. The van der Waals surface area contributed by atoms with Gasteiger partial charge >= 0.3 is 7.82 Å². The smallest absolute Gasteiger partial charge is 0.387 e. The lowest BCUT2D eigenvalue weighted by atomic mass is 10.0. The molecule has 0 radical (unpaired) electrons. The van der Waals surface area contributed by atoms with Crippen LogP contribution in [-0.2, 0) is 29.7 Å². The van der Waals surface area contributed by atoms with Gasteiger partial charge in [-0.15, -0.1) is 0 Å². The molecule has 304 valence electrons. The predicted octanol–water partition coefficient (Wildman–Crippen LogP) is 7.49. The molecule has 5 N–H and O–H groups in total. The first-order chi connectivity index (χ1) is 26.5. The van der Waals surface area contributed by atoms with Crippen molar-refractivity contribution in [3.05, 3.63) is 59.3 Å². The molecule has 0 spiro atoms. The van der Waals surface area contributed by atoms with Crippen LogP contribution in [0.3, 0.4) is 0 Å². The maximum absolute atomic E-state index is 14.1. The second-order valence-corrected chi connectivity index (χ2v) is 15.8. The van der Waals surface area contributed by atoms with Crippen LogP contribution in [-0.4, -0.2) is 73.7 Å². The number of fused-ring (bicyclic) bond motifs is 1. The molecule has 3 aromatic rings. The molecule has 0 saturated carbocycles. The molecule has 4 rings (SSSR count). The van der Waals surface area contributed by atoms with Gasteiger partial charge in [0, 0.05) is 0 Å². The summed E-state index contributed by atoms with van der Waals surface area (Å²) in [7, 11) is -4.80. The number of aliphatic hydroxyl groups excluding tert-OH is 2. The Hall–Kier alpha value is -3.32. The average Bonchev–Trinajstić information content (AvgIpc) is 3.71. The standard InChI is InChI=1S/C39H58FN6O8P/c1-3-4-5-6-7-8-9-10-11-12-13-14-15-16-17-18-32(51-25-30-21-29(24-41)22-31(40)23-30)26-52-55(49,50)53-27-39(43-2)37(48)35(47)36(54-39)33-19-20-34-38(42)44-28-45-46(33)34/h19-23,28,32,35-37,47-48H,2-18,25-27H2,1H3,(H,49,50)(H2,42,44,45)/t32-,35+,36+,37+,39-/m1/s1. The molecular formula is C39H58FN6O8P. The summed E-state index contributed by atoms with van der Waals surface area (Å²) in [5, 5.41) is 35.3. The fourth-order valence-corrected chi connectivity index (χ4v) is 7.65. The van der Waals surface area contributed by atoms with E-state index in [0.717, 1.165) is 31.7 Å². The Bertz CT molecular complexity index is 1720. The molecular weight excluding hydrogens is 730 g/mol. The van der Waals surface area contributed by atoms with E-state index in [1.165, 1.54) is 93.6 Å². The summed E-state index contributed by atoms with van der Waals surface area (Å²) in [5.41, 5.74) is 5.24. The number of hydrogen-bond acceptors (Lipinski definition) is 12. The third-order valence-corrected chi connectivity index (χ3v) is 11.0. The van der Waals surface area contributed by atoms with E-state index in [1.54, 1.807) is 12.1 Å². The van der Waals surface area contributed by atoms with Crippen molar-refractivity contribution < 1.29 is 42.6 Å². The zero-order valence-corrected chi connectivity index (χ0v) is 32.8. The lowest BCUT2D eigenvalue weighted by Gasteiger charge is -2.28. The zero-order valence-electron chi connectivity index (χ0n) is 31.9. The maximum Gasteiger partial charge on any atom is 0.472 e. The van der Waals surface area contributed by atoms with Gasteiger partial charge in [0.15, 0.2) is 5.82 Å². The van der Waals surface area contributed by atoms with Crippen LogP contribution in [0.5, 0.6) is 0 Å². The molecule has 1 aliphatic rings.